The van der Waals surface area contributed by atoms with Gasteiger partial charge in [-0.25, -0.2) is 0 Å². The maximum absolute atomic E-state index is 12.7. The lowest BCUT2D eigenvalue weighted by molar-refractivity contribution is -0.142. The summed E-state index contributed by atoms with van der Waals surface area (Å²) in [6, 6.07) is 7.55. The minimum absolute atomic E-state index is 0.0527. The molecule has 25 heavy (non-hydrogen) atoms. The van der Waals surface area contributed by atoms with Gasteiger partial charge >= 0.3 is 0 Å². The monoisotopic (exact) mass is 348 g/mol. The minimum Gasteiger partial charge on any atom is -0.494 e. The van der Waals surface area contributed by atoms with E-state index in [-0.39, 0.29) is 5.91 Å². The summed E-state index contributed by atoms with van der Waals surface area (Å²) in [6.45, 7) is 6.28. The first-order valence-electron chi connectivity index (χ1n) is 9.28. The molecule has 140 valence electrons. The van der Waals surface area contributed by atoms with Crippen molar-refractivity contribution in [3.8, 4) is 5.75 Å². The Morgan fingerprint density at radius 2 is 1.92 bits per heavy atom. The van der Waals surface area contributed by atoms with E-state index in [0.29, 0.717) is 19.1 Å². The number of nitrogens with zero attached hydrogens (tertiary/aromatic N) is 1. The fourth-order valence-corrected chi connectivity index (χ4v) is 2.78. The van der Waals surface area contributed by atoms with E-state index < -0.39 is 5.60 Å². The Labute approximate surface area is 151 Å². The highest BCUT2D eigenvalue weighted by Crippen LogP contribution is 2.42. The molecule has 0 bridgehead atoms. The van der Waals surface area contributed by atoms with Crippen molar-refractivity contribution < 1.29 is 14.3 Å². The fraction of sp³-hybridized carbons (Fsp3) is 0.650. The quantitative estimate of drug-likeness (QED) is 0.621. The standard InChI is InChI=1S/C20H32N2O3/c1-5-14-25-20(2,16-7-8-16)19(23)21-17-9-11-18(12-10-17)24-15-6-13-22(3)4/h9-12,16H,5-8,13-15H2,1-4H3,(H,21,23)/t20-/m1/s1. The Bertz CT molecular complexity index is 540. The minimum atomic E-state index is -0.725. The van der Waals surface area contributed by atoms with Crippen LogP contribution in [0.4, 0.5) is 5.69 Å². The number of hydrogen-bond donors (Lipinski definition) is 1. The van der Waals surface area contributed by atoms with Crippen molar-refractivity contribution in [2.75, 3.05) is 39.2 Å². The second-order valence-electron chi connectivity index (χ2n) is 7.21. The highest BCUT2D eigenvalue weighted by molar-refractivity contribution is 5.97. The Morgan fingerprint density at radius 1 is 1.24 bits per heavy atom. The van der Waals surface area contributed by atoms with Crippen LogP contribution in [0.2, 0.25) is 0 Å². The van der Waals surface area contributed by atoms with E-state index >= 15 is 0 Å². The van der Waals surface area contributed by atoms with Crippen LogP contribution in [0.25, 0.3) is 0 Å². The summed E-state index contributed by atoms with van der Waals surface area (Å²) in [7, 11) is 4.11. The van der Waals surface area contributed by atoms with Gasteiger partial charge < -0.3 is 19.7 Å². The number of carbonyl (C=O) groups is 1. The van der Waals surface area contributed by atoms with Gasteiger partial charge in [0.05, 0.1) is 6.61 Å². The third-order valence-corrected chi connectivity index (χ3v) is 4.54. The van der Waals surface area contributed by atoms with E-state index in [1.165, 1.54) is 0 Å². The molecule has 0 aromatic heterocycles. The Balaban J connectivity index is 1.86. The third-order valence-electron chi connectivity index (χ3n) is 4.54. The third kappa shape index (κ3) is 6.01. The first-order chi connectivity index (χ1) is 12.0. The zero-order valence-electron chi connectivity index (χ0n) is 16.0. The molecule has 5 heteroatoms. The molecular formula is C20H32N2O3. The van der Waals surface area contributed by atoms with Gasteiger partial charge in [0.1, 0.15) is 11.4 Å². The molecule has 1 aromatic carbocycles. The van der Waals surface area contributed by atoms with Crippen LogP contribution < -0.4 is 10.1 Å². The molecule has 0 saturated heterocycles. The molecule has 0 heterocycles. The van der Waals surface area contributed by atoms with Gasteiger partial charge in [-0.1, -0.05) is 6.92 Å². The highest BCUT2D eigenvalue weighted by Gasteiger charge is 2.48. The van der Waals surface area contributed by atoms with Crippen LogP contribution in [-0.2, 0) is 9.53 Å². The van der Waals surface area contributed by atoms with E-state index in [1.807, 2.05) is 31.2 Å². The Hall–Kier alpha value is -1.59. The van der Waals surface area contributed by atoms with E-state index in [1.54, 1.807) is 0 Å². The predicted octanol–water partition coefficient (Wildman–Crippen LogP) is 3.55. The number of benzene rings is 1. The average Bonchev–Trinajstić information content (AvgIpc) is 3.43. The summed E-state index contributed by atoms with van der Waals surface area (Å²) >= 11 is 0. The maximum Gasteiger partial charge on any atom is 0.256 e. The van der Waals surface area contributed by atoms with Crippen molar-refractivity contribution in [2.45, 2.75) is 45.1 Å². The van der Waals surface area contributed by atoms with Gasteiger partial charge in [-0.05, 0) is 76.9 Å². The van der Waals surface area contributed by atoms with Gasteiger partial charge in [0.15, 0.2) is 0 Å². The van der Waals surface area contributed by atoms with Crippen LogP contribution >= 0.6 is 0 Å². The average molecular weight is 348 g/mol. The summed E-state index contributed by atoms with van der Waals surface area (Å²) in [5.74, 6) is 1.10. The molecule has 1 N–H and O–H groups in total. The maximum atomic E-state index is 12.7. The van der Waals surface area contributed by atoms with Crippen LogP contribution in [0.1, 0.15) is 39.5 Å². The number of nitrogens with one attached hydrogen (secondary N) is 1. The van der Waals surface area contributed by atoms with Crippen molar-refractivity contribution in [3.05, 3.63) is 24.3 Å². The molecule has 1 saturated carbocycles. The number of anilines is 1. The molecule has 1 aliphatic carbocycles. The van der Waals surface area contributed by atoms with Crippen LogP contribution in [0.5, 0.6) is 5.75 Å². The summed E-state index contributed by atoms with van der Waals surface area (Å²) in [6.07, 6.45) is 4.02. The van der Waals surface area contributed by atoms with Crippen LogP contribution in [0.3, 0.4) is 0 Å². The van der Waals surface area contributed by atoms with Crippen LogP contribution in [-0.4, -0.2) is 50.3 Å². The lowest BCUT2D eigenvalue weighted by Gasteiger charge is -2.28. The van der Waals surface area contributed by atoms with Gasteiger partial charge in [-0.15, -0.1) is 0 Å². The van der Waals surface area contributed by atoms with Gasteiger partial charge in [-0.3, -0.25) is 4.79 Å². The molecule has 1 atom stereocenters. The van der Waals surface area contributed by atoms with Crippen molar-refractivity contribution in [3.63, 3.8) is 0 Å². The van der Waals surface area contributed by atoms with Gasteiger partial charge in [0, 0.05) is 18.8 Å². The molecule has 0 spiro atoms. The molecule has 0 radical (unpaired) electrons. The molecule has 1 amide bonds. The van der Waals surface area contributed by atoms with E-state index in [9.17, 15) is 4.79 Å². The van der Waals surface area contributed by atoms with Crippen molar-refractivity contribution >= 4 is 11.6 Å². The molecule has 2 rings (SSSR count). The number of amides is 1. The number of hydrogen-bond acceptors (Lipinski definition) is 4. The second kappa shape index (κ2) is 9.20. The van der Waals surface area contributed by atoms with Crippen molar-refractivity contribution in [1.82, 2.24) is 4.90 Å². The first-order valence-corrected chi connectivity index (χ1v) is 9.28. The van der Waals surface area contributed by atoms with E-state index in [0.717, 1.165) is 43.7 Å². The van der Waals surface area contributed by atoms with Crippen molar-refractivity contribution in [2.24, 2.45) is 5.92 Å². The fourth-order valence-electron chi connectivity index (χ4n) is 2.78. The largest absolute Gasteiger partial charge is 0.494 e. The first kappa shape index (κ1) is 19.7. The normalized spacial score (nSPS) is 16.5. The van der Waals surface area contributed by atoms with Gasteiger partial charge in [0.25, 0.3) is 5.91 Å². The lowest BCUT2D eigenvalue weighted by atomic mass is 9.98. The summed E-state index contributed by atoms with van der Waals surface area (Å²) < 4.78 is 11.6. The molecule has 0 unspecified atom stereocenters. The zero-order valence-corrected chi connectivity index (χ0v) is 16.0. The summed E-state index contributed by atoms with van der Waals surface area (Å²) in [4.78, 5) is 14.8. The lowest BCUT2D eigenvalue weighted by Crippen LogP contribution is -2.45. The predicted molar refractivity (Wildman–Crippen MR) is 101 cm³/mol. The SMILES string of the molecule is CCCO[C@@](C)(C(=O)Nc1ccc(OCCCN(C)C)cc1)C1CC1. The number of rotatable bonds is 11. The Kier molecular flexibility index (Phi) is 7.26. The smallest absolute Gasteiger partial charge is 0.256 e. The second-order valence-corrected chi connectivity index (χ2v) is 7.21. The van der Waals surface area contributed by atoms with Gasteiger partial charge in [-0.2, -0.15) is 0 Å². The van der Waals surface area contributed by atoms with Gasteiger partial charge in [0.2, 0.25) is 0 Å². The van der Waals surface area contributed by atoms with E-state index in [4.69, 9.17) is 9.47 Å². The number of ether oxygens (including phenoxy) is 2. The molecule has 1 aliphatic rings. The molecule has 1 aromatic rings. The summed E-state index contributed by atoms with van der Waals surface area (Å²) in [5, 5.41) is 3.00. The molecule has 0 aliphatic heterocycles. The molecule has 5 nitrogen and oxygen atoms in total. The topological polar surface area (TPSA) is 50.8 Å². The molecule has 1 fully saturated rings. The molecular weight excluding hydrogens is 316 g/mol. The van der Waals surface area contributed by atoms with Crippen LogP contribution in [0.15, 0.2) is 24.3 Å². The Morgan fingerprint density at radius 3 is 2.48 bits per heavy atom. The van der Waals surface area contributed by atoms with Crippen molar-refractivity contribution in [1.29, 1.82) is 0 Å². The van der Waals surface area contributed by atoms with Crippen LogP contribution in [0, 0.1) is 5.92 Å². The number of carbonyl (C=O) groups excluding carboxylic acids is 1. The van der Waals surface area contributed by atoms with E-state index in [2.05, 4.69) is 31.2 Å². The summed E-state index contributed by atoms with van der Waals surface area (Å²) in [5.41, 5.74) is 0.0507. The zero-order chi connectivity index (χ0) is 18.3. The highest BCUT2D eigenvalue weighted by atomic mass is 16.5.